The second kappa shape index (κ2) is 8.80. The number of nitrogens with one attached hydrogen (secondary N) is 2. The first-order chi connectivity index (χ1) is 13.1. The Labute approximate surface area is 156 Å². The zero-order chi connectivity index (χ0) is 19.1. The highest BCUT2D eigenvalue weighted by Gasteiger charge is 2.15. The van der Waals surface area contributed by atoms with Gasteiger partial charge in [-0.05, 0) is 42.7 Å². The molecular weight excluding hydrogens is 347 g/mol. The fraction of sp³-hybridized carbons (Fsp3) is 0.143. The zero-order valence-corrected chi connectivity index (χ0v) is 14.6. The molecule has 2 N–H and O–H groups in total. The van der Waals surface area contributed by atoms with Gasteiger partial charge in [-0.1, -0.05) is 30.3 Å². The fourth-order valence-electron chi connectivity index (χ4n) is 2.64. The van der Waals surface area contributed by atoms with Crippen LogP contribution in [0.15, 0.2) is 71.5 Å². The minimum absolute atomic E-state index is 0.113. The smallest absolute Gasteiger partial charge is 0.258 e. The highest BCUT2D eigenvalue weighted by atomic mass is 19.1. The minimum Gasteiger partial charge on any atom is -0.472 e. The van der Waals surface area contributed by atoms with Crippen LogP contribution in [0.25, 0.3) is 0 Å². The van der Waals surface area contributed by atoms with Crippen molar-refractivity contribution in [2.75, 3.05) is 11.9 Å². The maximum atomic E-state index is 13.6. The molecule has 0 spiro atoms. The second-order valence-corrected chi connectivity index (χ2v) is 6.00. The van der Waals surface area contributed by atoms with Crippen LogP contribution in [0.3, 0.4) is 0 Å². The Bertz CT molecular complexity index is 908. The van der Waals surface area contributed by atoms with Crippen molar-refractivity contribution < 1.29 is 18.4 Å². The molecule has 0 unspecified atom stereocenters. The molecule has 0 fully saturated rings. The number of aryl methyl sites for hydroxylation is 1. The summed E-state index contributed by atoms with van der Waals surface area (Å²) in [7, 11) is 0. The molecule has 0 aliphatic heterocycles. The predicted molar refractivity (Wildman–Crippen MR) is 100 cm³/mol. The lowest BCUT2D eigenvalue weighted by Crippen LogP contribution is -2.26. The third-order valence-electron chi connectivity index (χ3n) is 4.03. The Morgan fingerprint density at radius 2 is 1.81 bits per heavy atom. The Morgan fingerprint density at radius 1 is 1.00 bits per heavy atom. The molecule has 0 atom stereocenters. The molecule has 3 rings (SSSR count). The average Bonchev–Trinajstić information content (AvgIpc) is 3.21. The Kier molecular flexibility index (Phi) is 5.99. The second-order valence-electron chi connectivity index (χ2n) is 6.00. The number of carbonyl (C=O) groups excluding carboxylic acids is 2. The van der Waals surface area contributed by atoms with Crippen LogP contribution < -0.4 is 10.6 Å². The van der Waals surface area contributed by atoms with Gasteiger partial charge in [0.1, 0.15) is 12.1 Å². The predicted octanol–water partition coefficient (Wildman–Crippen LogP) is 4.03. The summed E-state index contributed by atoms with van der Waals surface area (Å²) in [5.41, 5.74) is 1.80. The summed E-state index contributed by atoms with van der Waals surface area (Å²) >= 11 is 0. The Hall–Kier alpha value is -3.41. The lowest BCUT2D eigenvalue weighted by Gasteiger charge is -2.11. The number of hydrogen-bond donors (Lipinski definition) is 2. The first-order valence-electron chi connectivity index (χ1n) is 8.59. The van der Waals surface area contributed by atoms with E-state index >= 15 is 0 Å². The summed E-state index contributed by atoms with van der Waals surface area (Å²) in [6.07, 6.45) is 4.25. The number of furan rings is 1. The van der Waals surface area contributed by atoms with Crippen LogP contribution in [0.2, 0.25) is 0 Å². The highest BCUT2D eigenvalue weighted by Crippen LogP contribution is 2.18. The summed E-state index contributed by atoms with van der Waals surface area (Å²) in [5, 5.41) is 5.36. The van der Waals surface area contributed by atoms with E-state index < -0.39 is 11.7 Å². The third kappa shape index (κ3) is 5.04. The molecule has 0 saturated heterocycles. The molecule has 0 saturated carbocycles. The molecule has 2 amide bonds. The first kappa shape index (κ1) is 18.4. The van der Waals surface area contributed by atoms with E-state index in [4.69, 9.17) is 4.42 Å². The Morgan fingerprint density at radius 3 is 2.56 bits per heavy atom. The van der Waals surface area contributed by atoms with E-state index in [1.54, 1.807) is 0 Å². The molecule has 2 aromatic carbocycles. The summed E-state index contributed by atoms with van der Waals surface area (Å²) in [5.74, 6) is -1.39. The van der Waals surface area contributed by atoms with Crippen molar-refractivity contribution >= 4 is 17.5 Å². The summed E-state index contributed by atoms with van der Waals surface area (Å²) in [6, 6.07) is 15.1. The van der Waals surface area contributed by atoms with Gasteiger partial charge in [0.25, 0.3) is 11.8 Å². The van der Waals surface area contributed by atoms with E-state index in [0.29, 0.717) is 6.54 Å². The topological polar surface area (TPSA) is 71.3 Å². The van der Waals surface area contributed by atoms with E-state index in [2.05, 4.69) is 10.6 Å². The van der Waals surface area contributed by atoms with Crippen molar-refractivity contribution in [1.82, 2.24) is 5.32 Å². The largest absolute Gasteiger partial charge is 0.472 e. The molecule has 3 aromatic rings. The fourth-order valence-corrected chi connectivity index (χ4v) is 2.64. The lowest BCUT2D eigenvalue weighted by atomic mass is 10.1. The van der Waals surface area contributed by atoms with Crippen LogP contribution in [0.1, 0.15) is 32.7 Å². The van der Waals surface area contributed by atoms with Gasteiger partial charge in [-0.2, -0.15) is 0 Å². The molecule has 0 bridgehead atoms. The molecule has 6 heteroatoms. The van der Waals surface area contributed by atoms with E-state index in [9.17, 15) is 14.0 Å². The van der Waals surface area contributed by atoms with Crippen molar-refractivity contribution in [2.24, 2.45) is 0 Å². The molecule has 0 aliphatic carbocycles. The van der Waals surface area contributed by atoms with Gasteiger partial charge in [-0.25, -0.2) is 4.39 Å². The van der Waals surface area contributed by atoms with E-state index in [1.807, 2.05) is 30.3 Å². The monoisotopic (exact) mass is 366 g/mol. The highest BCUT2D eigenvalue weighted by molar-refractivity contribution is 6.08. The number of halogens is 1. The molecule has 5 nitrogen and oxygen atoms in total. The van der Waals surface area contributed by atoms with Gasteiger partial charge in [0.2, 0.25) is 0 Å². The minimum atomic E-state index is -0.543. The van der Waals surface area contributed by atoms with Crippen LogP contribution >= 0.6 is 0 Å². The van der Waals surface area contributed by atoms with Gasteiger partial charge in [-0.3, -0.25) is 9.59 Å². The van der Waals surface area contributed by atoms with Crippen LogP contribution in [-0.2, 0) is 6.42 Å². The van der Waals surface area contributed by atoms with E-state index in [-0.39, 0.29) is 22.7 Å². The van der Waals surface area contributed by atoms with Crippen molar-refractivity contribution in [3.8, 4) is 0 Å². The SMILES string of the molecule is O=C(Nc1cc(F)ccc1C(=O)NCCCc1ccccc1)c1ccoc1. The van der Waals surface area contributed by atoms with E-state index in [0.717, 1.165) is 18.9 Å². The maximum absolute atomic E-state index is 13.6. The van der Waals surface area contributed by atoms with Gasteiger partial charge < -0.3 is 15.1 Å². The number of rotatable bonds is 7. The van der Waals surface area contributed by atoms with E-state index in [1.165, 1.54) is 36.3 Å². The molecule has 1 heterocycles. The first-order valence-corrected chi connectivity index (χ1v) is 8.59. The summed E-state index contributed by atoms with van der Waals surface area (Å²) < 4.78 is 18.5. The maximum Gasteiger partial charge on any atom is 0.258 e. The number of benzene rings is 2. The Balaban J connectivity index is 1.61. The van der Waals surface area contributed by atoms with Gasteiger partial charge in [-0.15, -0.1) is 0 Å². The molecule has 138 valence electrons. The van der Waals surface area contributed by atoms with Crippen LogP contribution in [0.5, 0.6) is 0 Å². The quantitative estimate of drug-likeness (QED) is 0.620. The molecule has 27 heavy (non-hydrogen) atoms. The molecule has 0 radical (unpaired) electrons. The average molecular weight is 366 g/mol. The zero-order valence-electron chi connectivity index (χ0n) is 14.6. The van der Waals surface area contributed by atoms with Crippen molar-refractivity contribution in [3.63, 3.8) is 0 Å². The van der Waals surface area contributed by atoms with Crippen LogP contribution in [0.4, 0.5) is 10.1 Å². The summed E-state index contributed by atoms with van der Waals surface area (Å²) in [6.45, 7) is 0.472. The standard InChI is InChI=1S/C21H19FN2O3/c22-17-8-9-18(19(13-17)24-20(25)16-10-12-27-14-16)21(26)23-11-4-7-15-5-2-1-3-6-15/h1-3,5-6,8-10,12-14H,4,7,11H2,(H,23,26)(H,24,25). The normalized spacial score (nSPS) is 10.4. The third-order valence-corrected chi connectivity index (χ3v) is 4.03. The van der Waals surface area contributed by atoms with Crippen molar-refractivity contribution in [3.05, 3.63) is 89.6 Å². The number of amides is 2. The van der Waals surface area contributed by atoms with Gasteiger partial charge in [0.15, 0.2) is 0 Å². The van der Waals surface area contributed by atoms with Crippen molar-refractivity contribution in [2.45, 2.75) is 12.8 Å². The van der Waals surface area contributed by atoms with Crippen molar-refractivity contribution in [1.29, 1.82) is 0 Å². The molecule has 1 aromatic heterocycles. The molecular formula is C21H19FN2O3. The van der Waals surface area contributed by atoms with Gasteiger partial charge >= 0.3 is 0 Å². The summed E-state index contributed by atoms with van der Waals surface area (Å²) in [4.78, 5) is 24.6. The lowest BCUT2D eigenvalue weighted by molar-refractivity contribution is 0.0954. The van der Waals surface area contributed by atoms with Gasteiger partial charge in [0, 0.05) is 6.54 Å². The number of anilines is 1. The number of hydrogen-bond acceptors (Lipinski definition) is 3. The van der Waals surface area contributed by atoms with Gasteiger partial charge in [0.05, 0.1) is 23.1 Å². The molecule has 0 aliphatic rings. The van der Waals surface area contributed by atoms with Crippen LogP contribution in [0, 0.1) is 5.82 Å². The van der Waals surface area contributed by atoms with Crippen LogP contribution in [-0.4, -0.2) is 18.4 Å². The number of carbonyl (C=O) groups is 2.